The number of nitrogens with zero attached hydrogens (tertiary/aromatic N) is 2. The van der Waals surface area contributed by atoms with Gasteiger partial charge in [0.1, 0.15) is 12.4 Å². The van der Waals surface area contributed by atoms with Crippen molar-refractivity contribution in [1.29, 1.82) is 0 Å². The summed E-state index contributed by atoms with van der Waals surface area (Å²) in [4.78, 5) is 18.7. The molecule has 0 unspecified atom stereocenters. The summed E-state index contributed by atoms with van der Waals surface area (Å²) < 4.78 is 5.11. The maximum absolute atomic E-state index is 12.0. The van der Waals surface area contributed by atoms with E-state index >= 15 is 0 Å². The van der Waals surface area contributed by atoms with Crippen LogP contribution in [0.5, 0.6) is 0 Å². The van der Waals surface area contributed by atoms with E-state index in [-0.39, 0.29) is 12.5 Å². The van der Waals surface area contributed by atoms with Gasteiger partial charge in [-0.1, -0.05) is 66.7 Å². The van der Waals surface area contributed by atoms with Crippen molar-refractivity contribution < 1.29 is 9.53 Å². The van der Waals surface area contributed by atoms with Crippen LogP contribution in [0.1, 0.15) is 18.1 Å². The number of ether oxygens (including phenoxy) is 1. The van der Waals surface area contributed by atoms with Gasteiger partial charge >= 0.3 is 5.97 Å². The van der Waals surface area contributed by atoms with Crippen LogP contribution in [0.3, 0.4) is 0 Å². The van der Waals surface area contributed by atoms with Gasteiger partial charge in [0.05, 0.1) is 12.1 Å². The maximum atomic E-state index is 12.0. The summed E-state index contributed by atoms with van der Waals surface area (Å²) in [6.07, 6.45) is 1.97. The summed E-state index contributed by atoms with van der Waals surface area (Å²) >= 11 is 0. The average molecular weight is 425 g/mol. The number of anilines is 1. The highest BCUT2D eigenvalue weighted by atomic mass is 16.5. The van der Waals surface area contributed by atoms with Gasteiger partial charge in [-0.25, -0.2) is 4.98 Å². The number of aryl methyl sites for hydroxylation is 2. The second kappa shape index (κ2) is 10.1. The molecule has 0 atom stereocenters. The zero-order valence-corrected chi connectivity index (χ0v) is 18.6. The molecule has 4 heteroatoms. The van der Waals surface area contributed by atoms with Crippen LogP contribution in [-0.4, -0.2) is 31.2 Å². The molecule has 0 amide bonds. The lowest BCUT2D eigenvalue weighted by atomic mass is 9.97. The van der Waals surface area contributed by atoms with Gasteiger partial charge in [-0.3, -0.25) is 4.79 Å². The van der Waals surface area contributed by atoms with Crippen LogP contribution in [0.15, 0.2) is 84.9 Å². The number of aromatic nitrogens is 1. The molecule has 162 valence electrons. The Morgan fingerprint density at radius 2 is 1.56 bits per heavy atom. The molecule has 1 heterocycles. The first-order chi connectivity index (χ1) is 15.6. The third-order valence-corrected chi connectivity index (χ3v) is 5.55. The summed E-state index contributed by atoms with van der Waals surface area (Å²) in [5, 5.41) is 1.12. The molecule has 3 aromatic carbocycles. The van der Waals surface area contributed by atoms with Gasteiger partial charge in [-0.2, -0.15) is 0 Å². The van der Waals surface area contributed by atoms with Crippen molar-refractivity contribution in [2.45, 2.75) is 19.8 Å². The fourth-order valence-electron chi connectivity index (χ4n) is 3.88. The van der Waals surface area contributed by atoms with Crippen LogP contribution < -0.4 is 4.90 Å². The van der Waals surface area contributed by atoms with E-state index in [4.69, 9.17) is 9.72 Å². The summed E-state index contributed by atoms with van der Waals surface area (Å²) in [6, 6.07) is 29.5. The number of hydrogen-bond acceptors (Lipinski definition) is 4. The number of hydrogen-bond donors (Lipinski definition) is 0. The molecule has 0 saturated heterocycles. The SMILES string of the molecule is CCOC(=O)CN(C)c1cc(-c2ccccc2)c2cc(CCc3ccccc3)ccc2n1. The zero-order chi connectivity index (χ0) is 22.3. The number of esters is 1. The van der Waals surface area contributed by atoms with Crippen LogP contribution in [0, 0.1) is 0 Å². The number of likely N-dealkylation sites (N-methyl/N-ethyl adjacent to an activating group) is 1. The van der Waals surface area contributed by atoms with E-state index < -0.39 is 0 Å². The number of rotatable bonds is 8. The molecule has 32 heavy (non-hydrogen) atoms. The normalized spacial score (nSPS) is 10.8. The van der Waals surface area contributed by atoms with Crippen molar-refractivity contribution in [2.75, 3.05) is 25.1 Å². The minimum absolute atomic E-state index is 0.162. The predicted molar refractivity (Wildman–Crippen MR) is 131 cm³/mol. The Morgan fingerprint density at radius 1 is 0.875 bits per heavy atom. The number of benzene rings is 3. The first-order valence-electron chi connectivity index (χ1n) is 11.0. The molecule has 4 nitrogen and oxygen atoms in total. The van der Waals surface area contributed by atoms with Gasteiger partial charge in [0.15, 0.2) is 0 Å². The Labute approximate surface area is 189 Å². The van der Waals surface area contributed by atoms with Gasteiger partial charge in [0.25, 0.3) is 0 Å². The van der Waals surface area contributed by atoms with E-state index in [0.717, 1.165) is 40.7 Å². The topological polar surface area (TPSA) is 42.4 Å². The third kappa shape index (κ3) is 5.14. The molecule has 0 saturated carbocycles. The van der Waals surface area contributed by atoms with E-state index in [2.05, 4.69) is 60.7 Å². The molecule has 0 radical (unpaired) electrons. The lowest BCUT2D eigenvalue weighted by Crippen LogP contribution is -2.27. The quantitative estimate of drug-likeness (QED) is 0.341. The van der Waals surface area contributed by atoms with Gasteiger partial charge in [0, 0.05) is 12.4 Å². The van der Waals surface area contributed by atoms with Crippen LogP contribution in [0.2, 0.25) is 0 Å². The Bertz CT molecular complexity index is 1190. The summed E-state index contributed by atoms with van der Waals surface area (Å²) in [6.45, 7) is 2.35. The van der Waals surface area contributed by atoms with Crippen molar-refractivity contribution in [3.05, 3.63) is 96.1 Å². The van der Waals surface area contributed by atoms with Crippen LogP contribution >= 0.6 is 0 Å². The van der Waals surface area contributed by atoms with Crippen molar-refractivity contribution in [3.63, 3.8) is 0 Å². The molecule has 0 bridgehead atoms. The highest BCUT2D eigenvalue weighted by Gasteiger charge is 2.14. The van der Waals surface area contributed by atoms with Crippen LogP contribution in [0.25, 0.3) is 22.0 Å². The number of fused-ring (bicyclic) bond motifs is 1. The molecule has 1 aromatic heterocycles. The largest absolute Gasteiger partial charge is 0.465 e. The minimum Gasteiger partial charge on any atom is -0.465 e. The van der Waals surface area contributed by atoms with Crippen LogP contribution in [-0.2, 0) is 22.4 Å². The van der Waals surface area contributed by atoms with Crippen molar-refractivity contribution in [1.82, 2.24) is 4.98 Å². The third-order valence-electron chi connectivity index (χ3n) is 5.55. The lowest BCUT2D eigenvalue weighted by Gasteiger charge is -2.19. The van der Waals surface area contributed by atoms with E-state index in [1.807, 2.05) is 43.1 Å². The minimum atomic E-state index is -0.255. The first-order valence-corrected chi connectivity index (χ1v) is 11.0. The molecule has 0 aliphatic heterocycles. The summed E-state index contributed by atoms with van der Waals surface area (Å²) in [5.41, 5.74) is 5.78. The van der Waals surface area contributed by atoms with E-state index in [0.29, 0.717) is 6.61 Å². The number of carbonyl (C=O) groups is 1. The Balaban J connectivity index is 1.70. The Morgan fingerprint density at radius 3 is 2.28 bits per heavy atom. The standard InChI is InChI=1S/C28H28N2O2/c1-3-32-28(31)20-30(2)27-19-24(23-12-8-5-9-13-23)25-18-22(16-17-26(25)29-27)15-14-21-10-6-4-7-11-21/h4-13,16-19H,3,14-15,20H2,1-2H3. The molecule has 0 aliphatic carbocycles. The van der Waals surface area contributed by atoms with Crippen molar-refractivity contribution in [2.24, 2.45) is 0 Å². The van der Waals surface area contributed by atoms with Gasteiger partial charge in [-0.05, 0) is 60.2 Å². The Kier molecular flexibility index (Phi) is 6.81. The molecule has 4 aromatic rings. The molecule has 0 fully saturated rings. The van der Waals surface area contributed by atoms with Crippen molar-refractivity contribution >= 4 is 22.7 Å². The molecular formula is C28H28N2O2. The molecular weight excluding hydrogens is 396 g/mol. The Hall–Kier alpha value is -3.66. The van der Waals surface area contributed by atoms with E-state index in [1.165, 1.54) is 11.1 Å². The van der Waals surface area contributed by atoms with E-state index in [9.17, 15) is 4.79 Å². The van der Waals surface area contributed by atoms with Crippen molar-refractivity contribution in [3.8, 4) is 11.1 Å². The predicted octanol–water partition coefficient (Wildman–Crippen LogP) is 5.69. The zero-order valence-electron chi connectivity index (χ0n) is 18.6. The van der Waals surface area contributed by atoms with Gasteiger partial charge in [0.2, 0.25) is 0 Å². The lowest BCUT2D eigenvalue weighted by molar-refractivity contribution is -0.141. The first kappa shape index (κ1) is 21.6. The van der Waals surface area contributed by atoms with Crippen LogP contribution in [0.4, 0.5) is 5.82 Å². The highest BCUT2D eigenvalue weighted by Crippen LogP contribution is 2.32. The molecule has 4 rings (SSSR count). The maximum Gasteiger partial charge on any atom is 0.325 e. The fourth-order valence-corrected chi connectivity index (χ4v) is 3.88. The summed E-state index contributed by atoms with van der Waals surface area (Å²) in [7, 11) is 1.87. The second-order valence-electron chi connectivity index (χ2n) is 7.89. The second-order valence-corrected chi connectivity index (χ2v) is 7.89. The number of pyridine rings is 1. The average Bonchev–Trinajstić information content (AvgIpc) is 2.83. The monoisotopic (exact) mass is 424 g/mol. The van der Waals surface area contributed by atoms with Gasteiger partial charge < -0.3 is 9.64 Å². The summed E-state index contributed by atoms with van der Waals surface area (Å²) in [5.74, 6) is 0.496. The van der Waals surface area contributed by atoms with E-state index in [1.54, 1.807) is 0 Å². The number of carbonyl (C=O) groups excluding carboxylic acids is 1. The van der Waals surface area contributed by atoms with Gasteiger partial charge in [-0.15, -0.1) is 0 Å². The molecule has 0 aliphatic rings. The fraction of sp³-hybridized carbons (Fsp3) is 0.214. The molecule has 0 N–H and O–H groups in total. The molecule has 0 spiro atoms. The highest BCUT2D eigenvalue weighted by molar-refractivity contribution is 5.96. The smallest absolute Gasteiger partial charge is 0.325 e.